The number of hydrogen-bond donors (Lipinski definition) is 1. The number of aryl methyl sites for hydroxylation is 2. The molecule has 3 heterocycles. The summed E-state index contributed by atoms with van der Waals surface area (Å²) in [4.78, 5) is 27.5. The van der Waals surface area contributed by atoms with Crippen molar-refractivity contribution in [2.75, 3.05) is 23.3 Å². The third-order valence-corrected chi connectivity index (χ3v) is 6.76. The van der Waals surface area contributed by atoms with Gasteiger partial charge in [0.2, 0.25) is 5.91 Å². The third-order valence-electron chi connectivity index (χ3n) is 6.76. The zero-order valence-electron chi connectivity index (χ0n) is 19.5. The molecule has 3 aromatic rings. The Balaban J connectivity index is 1.24. The standard InChI is InChI=1S/C26H30N6O2/c1-18(32-25(33)17-20-7-6-8-23(20)30-32)26(34)27-21-11-9-19(10-12-21)22-13-14-24(29-28-22)31-15-4-2-3-5-16-31/h9-14,17-18H,2-8,15-16H2,1H3,(H,27,34). The van der Waals surface area contributed by atoms with Crippen LogP contribution in [0.5, 0.6) is 0 Å². The van der Waals surface area contributed by atoms with Crippen LogP contribution in [0.1, 0.15) is 56.3 Å². The molecule has 1 aliphatic carbocycles. The maximum atomic E-state index is 12.8. The second-order valence-electron chi connectivity index (χ2n) is 9.17. The molecule has 2 aliphatic rings. The molecule has 5 rings (SSSR count). The lowest BCUT2D eigenvalue weighted by molar-refractivity contribution is -0.119. The van der Waals surface area contributed by atoms with E-state index in [1.807, 2.05) is 36.4 Å². The second kappa shape index (κ2) is 9.75. The molecule has 1 aromatic carbocycles. The normalized spacial score (nSPS) is 16.6. The fourth-order valence-electron chi connectivity index (χ4n) is 4.72. The van der Waals surface area contributed by atoms with Crippen LogP contribution in [0.2, 0.25) is 0 Å². The summed E-state index contributed by atoms with van der Waals surface area (Å²) >= 11 is 0. The highest BCUT2D eigenvalue weighted by Gasteiger charge is 2.21. The summed E-state index contributed by atoms with van der Waals surface area (Å²) in [5, 5.41) is 16.2. The quantitative estimate of drug-likeness (QED) is 0.626. The number of anilines is 2. The van der Waals surface area contributed by atoms with Crippen molar-refractivity contribution in [3.63, 3.8) is 0 Å². The van der Waals surface area contributed by atoms with E-state index in [-0.39, 0.29) is 11.5 Å². The zero-order chi connectivity index (χ0) is 23.5. The summed E-state index contributed by atoms with van der Waals surface area (Å²) in [6.07, 6.45) is 7.71. The van der Waals surface area contributed by atoms with E-state index < -0.39 is 6.04 Å². The summed E-state index contributed by atoms with van der Waals surface area (Å²) in [5.41, 5.74) is 4.07. The highest BCUT2D eigenvalue weighted by Crippen LogP contribution is 2.23. The van der Waals surface area contributed by atoms with Gasteiger partial charge >= 0.3 is 0 Å². The molecule has 1 saturated heterocycles. The Labute approximate surface area is 199 Å². The Morgan fingerprint density at radius 3 is 2.41 bits per heavy atom. The molecule has 0 spiro atoms. The summed E-state index contributed by atoms with van der Waals surface area (Å²) in [5.74, 6) is 0.654. The molecule has 1 amide bonds. The molecule has 0 saturated carbocycles. The van der Waals surface area contributed by atoms with Gasteiger partial charge in [0, 0.05) is 30.4 Å². The number of carbonyl (C=O) groups excluding carboxylic acids is 1. The van der Waals surface area contributed by atoms with Crippen molar-refractivity contribution in [3.8, 4) is 11.3 Å². The van der Waals surface area contributed by atoms with Crippen molar-refractivity contribution >= 4 is 17.4 Å². The minimum Gasteiger partial charge on any atom is -0.355 e. The number of fused-ring (bicyclic) bond motifs is 1. The maximum Gasteiger partial charge on any atom is 0.267 e. The lowest BCUT2D eigenvalue weighted by Crippen LogP contribution is -2.33. The van der Waals surface area contributed by atoms with Gasteiger partial charge in [-0.15, -0.1) is 10.2 Å². The van der Waals surface area contributed by atoms with Crippen LogP contribution < -0.4 is 15.8 Å². The minimum atomic E-state index is -0.699. The van der Waals surface area contributed by atoms with Gasteiger partial charge in [0.15, 0.2) is 5.82 Å². The number of hydrogen-bond acceptors (Lipinski definition) is 6. The van der Waals surface area contributed by atoms with Crippen LogP contribution in [-0.4, -0.2) is 39.0 Å². The Morgan fingerprint density at radius 2 is 1.71 bits per heavy atom. The lowest BCUT2D eigenvalue weighted by Gasteiger charge is -2.20. The number of carbonyl (C=O) groups is 1. The van der Waals surface area contributed by atoms with Gasteiger partial charge in [-0.05, 0) is 68.9 Å². The Morgan fingerprint density at radius 1 is 0.941 bits per heavy atom. The van der Waals surface area contributed by atoms with Crippen LogP contribution in [0.25, 0.3) is 11.3 Å². The minimum absolute atomic E-state index is 0.235. The molecular weight excluding hydrogens is 428 g/mol. The van der Waals surface area contributed by atoms with Gasteiger partial charge in [0.25, 0.3) is 5.56 Å². The van der Waals surface area contributed by atoms with E-state index in [1.54, 1.807) is 13.0 Å². The van der Waals surface area contributed by atoms with E-state index >= 15 is 0 Å². The van der Waals surface area contributed by atoms with Gasteiger partial charge in [-0.3, -0.25) is 9.59 Å². The maximum absolute atomic E-state index is 12.8. The van der Waals surface area contributed by atoms with E-state index in [0.717, 1.165) is 60.7 Å². The van der Waals surface area contributed by atoms with Gasteiger partial charge in [0.1, 0.15) is 6.04 Å². The average Bonchev–Trinajstić information content (AvgIpc) is 3.14. The van der Waals surface area contributed by atoms with Crippen molar-refractivity contribution in [1.82, 2.24) is 20.0 Å². The van der Waals surface area contributed by atoms with E-state index in [1.165, 1.54) is 30.4 Å². The summed E-state index contributed by atoms with van der Waals surface area (Å²) in [6, 6.07) is 12.4. The van der Waals surface area contributed by atoms with Crippen molar-refractivity contribution in [2.45, 2.75) is 57.9 Å². The van der Waals surface area contributed by atoms with Gasteiger partial charge < -0.3 is 10.2 Å². The SMILES string of the molecule is CC(C(=O)Nc1ccc(-c2ccc(N3CCCCCC3)nn2)cc1)n1nc2c(cc1=O)CCC2. The predicted molar refractivity (Wildman–Crippen MR) is 132 cm³/mol. The molecule has 8 nitrogen and oxygen atoms in total. The first-order chi connectivity index (χ1) is 16.6. The van der Waals surface area contributed by atoms with Crippen LogP contribution in [0, 0.1) is 0 Å². The largest absolute Gasteiger partial charge is 0.355 e. The molecule has 1 aliphatic heterocycles. The number of rotatable bonds is 5. The highest BCUT2D eigenvalue weighted by molar-refractivity contribution is 5.93. The zero-order valence-corrected chi connectivity index (χ0v) is 19.5. The average molecular weight is 459 g/mol. The van der Waals surface area contributed by atoms with E-state index in [0.29, 0.717) is 5.69 Å². The van der Waals surface area contributed by atoms with Crippen LogP contribution in [-0.2, 0) is 17.6 Å². The smallest absolute Gasteiger partial charge is 0.267 e. The predicted octanol–water partition coefficient (Wildman–Crippen LogP) is 3.77. The van der Waals surface area contributed by atoms with Crippen LogP contribution >= 0.6 is 0 Å². The van der Waals surface area contributed by atoms with E-state index in [9.17, 15) is 9.59 Å². The van der Waals surface area contributed by atoms with Crippen molar-refractivity contribution in [1.29, 1.82) is 0 Å². The van der Waals surface area contributed by atoms with Crippen LogP contribution in [0.15, 0.2) is 47.3 Å². The van der Waals surface area contributed by atoms with Crippen LogP contribution in [0.4, 0.5) is 11.5 Å². The Kier molecular flexibility index (Phi) is 6.38. The lowest BCUT2D eigenvalue weighted by atomic mass is 10.1. The summed E-state index contributed by atoms with van der Waals surface area (Å²) in [7, 11) is 0. The monoisotopic (exact) mass is 458 g/mol. The molecule has 0 radical (unpaired) electrons. The van der Waals surface area contributed by atoms with Gasteiger partial charge in [-0.25, -0.2) is 4.68 Å². The molecule has 2 aromatic heterocycles. The molecule has 0 bridgehead atoms. The highest BCUT2D eigenvalue weighted by atomic mass is 16.2. The molecule has 176 valence electrons. The number of amides is 1. The molecule has 1 atom stereocenters. The first-order valence-electron chi connectivity index (χ1n) is 12.2. The molecule has 1 unspecified atom stereocenters. The number of nitrogens with zero attached hydrogens (tertiary/aromatic N) is 5. The number of nitrogens with one attached hydrogen (secondary N) is 1. The van der Waals surface area contributed by atoms with Crippen molar-refractivity contribution in [3.05, 3.63) is 64.1 Å². The Hall–Kier alpha value is -3.55. The molecule has 1 N–H and O–H groups in total. The Bertz CT molecular complexity index is 1210. The van der Waals surface area contributed by atoms with E-state index in [4.69, 9.17) is 0 Å². The number of aromatic nitrogens is 4. The molecule has 8 heteroatoms. The fraction of sp³-hybridized carbons (Fsp3) is 0.423. The van der Waals surface area contributed by atoms with Crippen molar-refractivity contribution in [2.24, 2.45) is 0 Å². The molecule has 1 fully saturated rings. The first kappa shape index (κ1) is 22.3. The second-order valence-corrected chi connectivity index (χ2v) is 9.17. The van der Waals surface area contributed by atoms with Gasteiger partial charge in [0.05, 0.1) is 11.4 Å². The fourth-order valence-corrected chi connectivity index (χ4v) is 4.72. The molecular formula is C26H30N6O2. The van der Waals surface area contributed by atoms with Crippen LogP contribution in [0.3, 0.4) is 0 Å². The van der Waals surface area contributed by atoms with E-state index in [2.05, 4.69) is 25.5 Å². The third kappa shape index (κ3) is 4.71. The topological polar surface area (TPSA) is 93.0 Å². The molecule has 34 heavy (non-hydrogen) atoms. The number of benzene rings is 1. The van der Waals surface area contributed by atoms with Gasteiger partial charge in [-0.1, -0.05) is 25.0 Å². The van der Waals surface area contributed by atoms with Gasteiger partial charge in [-0.2, -0.15) is 5.10 Å². The summed E-state index contributed by atoms with van der Waals surface area (Å²) < 4.78 is 1.29. The summed E-state index contributed by atoms with van der Waals surface area (Å²) in [6.45, 7) is 3.77. The van der Waals surface area contributed by atoms with Crippen molar-refractivity contribution < 1.29 is 4.79 Å². The first-order valence-corrected chi connectivity index (χ1v) is 12.2.